The number of carbonyl (C=O) groups is 2. The zero-order valence-corrected chi connectivity index (χ0v) is 10.5. The van der Waals surface area contributed by atoms with Gasteiger partial charge in [-0.3, -0.25) is 0 Å². The lowest BCUT2D eigenvalue weighted by atomic mass is 10.1. The van der Waals surface area contributed by atoms with Gasteiger partial charge in [-0.2, -0.15) is 0 Å². The van der Waals surface area contributed by atoms with E-state index >= 15 is 0 Å². The monoisotopic (exact) mass is 253 g/mol. The molecule has 18 heavy (non-hydrogen) atoms. The summed E-state index contributed by atoms with van der Waals surface area (Å²) in [6, 6.07) is -1.51. The smallest absolute Gasteiger partial charge is 0.327 e. The number of urea groups is 1. The fourth-order valence-electron chi connectivity index (χ4n) is 1.96. The molecule has 2 amide bonds. The number of hydrogen-bond donors (Lipinski definition) is 3. The molecule has 1 saturated heterocycles. The Morgan fingerprint density at radius 1 is 1.61 bits per heavy atom. The highest BCUT2D eigenvalue weighted by molar-refractivity contribution is 5.82. The summed E-state index contributed by atoms with van der Waals surface area (Å²) < 4.78 is 0. The molecule has 0 aromatic rings. The van der Waals surface area contributed by atoms with E-state index in [4.69, 9.17) is 11.5 Å². The van der Waals surface area contributed by atoms with Crippen LogP contribution in [-0.2, 0) is 4.79 Å². The van der Waals surface area contributed by atoms with Gasteiger partial charge in [0, 0.05) is 19.5 Å². The van der Waals surface area contributed by atoms with Crippen LogP contribution in [0, 0.1) is 18.3 Å². The molecule has 3 N–H and O–H groups in total. The van der Waals surface area contributed by atoms with Crippen LogP contribution in [0.3, 0.4) is 0 Å². The maximum absolute atomic E-state index is 11.5. The summed E-state index contributed by atoms with van der Waals surface area (Å²) in [5, 5.41) is 13.9. The van der Waals surface area contributed by atoms with Crippen LogP contribution in [0.5, 0.6) is 0 Å². The van der Waals surface area contributed by atoms with Gasteiger partial charge in [0.1, 0.15) is 6.04 Å². The number of aliphatic carboxylic acids is 1. The molecule has 6 heteroatoms. The minimum Gasteiger partial charge on any atom is -0.480 e. The third-order valence-electron chi connectivity index (χ3n) is 2.97. The molecule has 0 saturated carbocycles. The Morgan fingerprint density at radius 3 is 2.83 bits per heavy atom. The summed E-state index contributed by atoms with van der Waals surface area (Å²) >= 11 is 0. The first kappa shape index (κ1) is 14.3. The Balaban J connectivity index is 2.28. The quantitative estimate of drug-likeness (QED) is 0.588. The van der Waals surface area contributed by atoms with Crippen LogP contribution in [0.2, 0.25) is 0 Å². The van der Waals surface area contributed by atoms with E-state index in [2.05, 4.69) is 21.5 Å². The van der Waals surface area contributed by atoms with Crippen molar-refractivity contribution in [1.82, 2.24) is 15.5 Å². The van der Waals surface area contributed by atoms with Gasteiger partial charge in [0.15, 0.2) is 0 Å². The standard InChI is InChI=1S/C12H19N3O3/c1-3-4-10(11(16)17)14-12(18)13-7-9-5-6-15(2)8-9/h1,9-10H,4-8H2,2H3,(H,16,17)(H2,13,14,18). The summed E-state index contributed by atoms with van der Waals surface area (Å²) in [4.78, 5) is 24.5. The minimum atomic E-state index is -1.12. The van der Waals surface area contributed by atoms with Crippen LogP contribution >= 0.6 is 0 Å². The second-order valence-electron chi connectivity index (χ2n) is 4.57. The van der Waals surface area contributed by atoms with Crippen molar-refractivity contribution in [3.8, 4) is 12.3 Å². The molecule has 2 atom stereocenters. The molecule has 1 heterocycles. The van der Waals surface area contributed by atoms with Crippen molar-refractivity contribution < 1.29 is 14.7 Å². The van der Waals surface area contributed by atoms with Gasteiger partial charge >= 0.3 is 12.0 Å². The zero-order chi connectivity index (χ0) is 13.5. The molecule has 0 bridgehead atoms. The topological polar surface area (TPSA) is 81.7 Å². The molecular formula is C12H19N3O3. The molecule has 2 unspecified atom stereocenters. The molecule has 100 valence electrons. The van der Waals surface area contributed by atoms with Crippen molar-refractivity contribution in [2.45, 2.75) is 18.9 Å². The second kappa shape index (κ2) is 6.87. The average molecular weight is 253 g/mol. The van der Waals surface area contributed by atoms with E-state index in [1.165, 1.54) is 0 Å². The number of nitrogens with one attached hydrogen (secondary N) is 2. The van der Waals surface area contributed by atoms with Crippen LogP contribution in [0.15, 0.2) is 0 Å². The molecular weight excluding hydrogens is 234 g/mol. The Morgan fingerprint density at radius 2 is 2.33 bits per heavy atom. The Hall–Kier alpha value is -1.74. The number of nitrogens with zero attached hydrogens (tertiary/aromatic N) is 1. The van der Waals surface area contributed by atoms with Crippen molar-refractivity contribution in [3.63, 3.8) is 0 Å². The van der Waals surface area contributed by atoms with Gasteiger partial charge in [-0.1, -0.05) is 0 Å². The fraction of sp³-hybridized carbons (Fsp3) is 0.667. The van der Waals surface area contributed by atoms with E-state index in [1.54, 1.807) is 0 Å². The highest BCUT2D eigenvalue weighted by Crippen LogP contribution is 2.12. The van der Waals surface area contributed by atoms with Gasteiger partial charge in [-0.25, -0.2) is 9.59 Å². The SMILES string of the molecule is C#CCC(NC(=O)NCC1CCN(C)C1)C(=O)O. The van der Waals surface area contributed by atoms with E-state index in [1.807, 2.05) is 7.05 Å². The molecule has 0 aliphatic carbocycles. The van der Waals surface area contributed by atoms with Gasteiger partial charge < -0.3 is 20.6 Å². The Labute approximate surface area is 107 Å². The number of rotatable bonds is 5. The Kier molecular flexibility index (Phi) is 5.46. The number of hydrogen-bond acceptors (Lipinski definition) is 3. The second-order valence-corrected chi connectivity index (χ2v) is 4.57. The first-order chi connectivity index (χ1) is 8.52. The fourth-order valence-corrected chi connectivity index (χ4v) is 1.96. The van der Waals surface area contributed by atoms with Crippen LogP contribution in [0.1, 0.15) is 12.8 Å². The van der Waals surface area contributed by atoms with Crippen molar-refractivity contribution in [2.24, 2.45) is 5.92 Å². The molecule has 6 nitrogen and oxygen atoms in total. The third kappa shape index (κ3) is 4.63. The lowest BCUT2D eigenvalue weighted by Gasteiger charge is -2.15. The summed E-state index contributed by atoms with van der Waals surface area (Å²) in [5.74, 6) is 1.53. The van der Waals surface area contributed by atoms with Gasteiger partial charge in [0.25, 0.3) is 0 Å². The molecule has 1 aliphatic rings. The van der Waals surface area contributed by atoms with Crippen LogP contribution < -0.4 is 10.6 Å². The number of likely N-dealkylation sites (tertiary alicyclic amines) is 1. The van der Waals surface area contributed by atoms with E-state index < -0.39 is 18.0 Å². The molecule has 1 rings (SSSR count). The average Bonchev–Trinajstić information content (AvgIpc) is 2.72. The lowest BCUT2D eigenvalue weighted by Crippen LogP contribution is -2.47. The van der Waals surface area contributed by atoms with Gasteiger partial charge in [0.2, 0.25) is 0 Å². The summed E-state index contributed by atoms with van der Waals surface area (Å²) in [5.41, 5.74) is 0. The van der Waals surface area contributed by atoms with Crippen LogP contribution in [-0.4, -0.2) is 54.7 Å². The van der Waals surface area contributed by atoms with Crippen molar-refractivity contribution >= 4 is 12.0 Å². The molecule has 0 aromatic carbocycles. The number of carbonyl (C=O) groups excluding carboxylic acids is 1. The number of amides is 2. The summed E-state index contributed by atoms with van der Waals surface area (Å²) in [6.45, 7) is 2.54. The molecule has 0 spiro atoms. The van der Waals surface area contributed by atoms with Crippen molar-refractivity contribution in [2.75, 3.05) is 26.7 Å². The predicted molar refractivity (Wildman–Crippen MR) is 67.0 cm³/mol. The predicted octanol–water partition coefficient (Wildman–Crippen LogP) is -0.286. The van der Waals surface area contributed by atoms with Crippen molar-refractivity contribution in [1.29, 1.82) is 0 Å². The molecule has 0 aromatic heterocycles. The molecule has 1 fully saturated rings. The zero-order valence-electron chi connectivity index (χ0n) is 10.5. The number of carboxylic acid groups (broad SMARTS) is 1. The largest absolute Gasteiger partial charge is 0.480 e. The Bertz CT molecular complexity index is 351. The van der Waals surface area contributed by atoms with Gasteiger partial charge in [0.05, 0.1) is 0 Å². The van der Waals surface area contributed by atoms with Crippen LogP contribution in [0.25, 0.3) is 0 Å². The first-order valence-corrected chi connectivity index (χ1v) is 5.92. The third-order valence-corrected chi connectivity index (χ3v) is 2.97. The van der Waals surface area contributed by atoms with E-state index in [9.17, 15) is 9.59 Å². The normalized spacial score (nSPS) is 21.0. The number of terminal acetylenes is 1. The van der Waals surface area contributed by atoms with Gasteiger partial charge in [-0.15, -0.1) is 12.3 Å². The lowest BCUT2D eigenvalue weighted by molar-refractivity contribution is -0.139. The summed E-state index contributed by atoms with van der Waals surface area (Å²) in [7, 11) is 2.04. The van der Waals surface area contributed by atoms with Crippen LogP contribution in [0.4, 0.5) is 4.79 Å². The highest BCUT2D eigenvalue weighted by atomic mass is 16.4. The van der Waals surface area contributed by atoms with E-state index in [-0.39, 0.29) is 6.42 Å². The first-order valence-electron chi connectivity index (χ1n) is 5.92. The van der Waals surface area contributed by atoms with Gasteiger partial charge in [-0.05, 0) is 25.9 Å². The molecule has 1 aliphatic heterocycles. The maximum atomic E-state index is 11.5. The molecule has 0 radical (unpaired) electrons. The minimum absolute atomic E-state index is 0.0189. The number of carboxylic acids is 1. The van der Waals surface area contributed by atoms with E-state index in [0.717, 1.165) is 19.5 Å². The summed E-state index contributed by atoms with van der Waals surface area (Å²) in [6.07, 6.45) is 6.07. The van der Waals surface area contributed by atoms with Crippen molar-refractivity contribution in [3.05, 3.63) is 0 Å². The highest BCUT2D eigenvalue weighted by Gasteiger charge is 2.22. The maximum Gasteiger partial charge on any atom is 0.327 e. The van der Waals surface area contributed by atoms with E-state index in [0.29, 0.717) is 12.5 Å².